The van der Waals surface area contributed by atoms with Crippen LogP contribution >= 0.6 is 12.4 Å². The fourth-order valence-electron chi connectivity index (χ4n) is 0.295. The van der Waals surface area contributed by atoms with Gasteiger partial charge in [-0.15, -0.1) is 12.4 Å². The van der Waals surface area contributed by atoms with Crippen LogP contribution in [0.4, 0.5) is 0 Å². The largest absolute Gasteiger partial charge is 0.478 e. The molecule has 0 heterocycles. The lowest BCUT2D eigenvalue weighted by molar-refractivity contribution is -0.131. The molecule has 10 heavy (non-hydrogen) atoms. The van der Waals surface area contributed by atoms with Gasteiger partial charge >= 0.3 is 5.97 Å². The highest BCUT2D eigenvalue weighted by Crippen LogP contribution is 1.74. The predicted molar refractivity (Wildman–Crippen MR) is 42.2 cm³/mol. The van der Waals surface area contributed by atoms with Crippen LogP contribution in [0, 0.1) is 0 Å². The van der Waals surface area contributed by atoms with E-state index in [1.165, 1.54) is 6.08 Å². The Bertz CT molecular complexity index is 143. The average Bonchev–Trinajstić information content (AvgIpc) is 1.80. The predicted octanol–water partition coefficient (Wildman–Crippen LogP) is 0.564. The molecule has 0 saturated heterocycles. The number of hydrogen-bond donors (Lipinski definition) is 2. The number of aliphatic carboxylic acids is 1. The molecule has 0 atom stereocenters. The first-order chi connectivity index (χ1) is 4.27. The third-order valence-corrected chi connectivity index (χ3v) is 0.622. The van der Waals surface area contributed by atoms with E-state index in [1.807, 2.05) is 0 Å². The molecular formula is C6H10ClNO2. The Kier molecular flexibility index (Phi) is 9.79. The van der Waals surface area contributed by atoms with Gasteiger partial charge in [-0.1, -0.05) is 18.2 Å². The molecule has 0 radical (unpaired) electrons. The summed E-state index contributed by atoms with van der Waals surface area (Å²) in [6, 6.07) is 0. The maximum absolute atomic E-state index is 9.81. The molecule has 0 rings (SSSR count). The minimum atomic E-state index is -0.948. The minimum absolute atomic E-state index is 0. The first kappa shape index (κ1) is 11.9. The lowest BCUT2D eigenvalue weighted by Gasteiger charge is -1.75. The van der Waals surface area contributed by atoms with Crippen molar-refractivity contribution in [3.63, 3.8) is 0 Å². The van der Waals surface area contributed by atoms with Gasteiger partial charge in [0.1, 0.15) is 0 Å². The van der Waals surface area contributed by atoms with E-state index in [4.69, 9.17) is 10.8 Å². The number of carbonyl (C=O) groups is 1. The Morgan fingerprint density at radius 1 is 1.50 bits per heavy atom. The van der Waals surface area contributed by atoms with Crippen molar-refractivity contribution in [1.82, 2.24) is 0 Å². The fraction of sp³-hybridized carbons (Fsp3) is 0.167. The Morgan fingerprint density at radius 3 is 2.50 bits per heavy atom. The average molecular weight is 164 g/mol. The molecule has 0 unspecified atom stereocenters. The van der Waals surface area contributed by atoms with Gasteiger partial charge in [-0.05, 0) is 0 Å². The molecule has 0 bridgehead atoms. The Morgan fingerprint density at radius 2 is 2.10 bits per heavy atom. The van der Waals surface area contributed by atoms with E-state index in [-0.39, 0.29) is 12.4 Å². The van der Waals surface area contributed by atoms with Crippen molar-refractivity contribution in [2.45, 2.75) is 0 Å². The van der Waals surface area contributed by atoms with Crippen molar-refractivity contribution in [1.29, 1.82) is 0 Å². The molecule has 0 aromatic carbocycles. The molecule has 0 aromatic rings. The van der Waals surface area contributed by atoms with Crippen molar-refractivity contribution < 1.29 is 9.90 Å². The standard InChI is InChI=1S/C6H9NO2.ClH/c7-5-3-1-2-4-6(8)9;/h1-4H,5,7H2,(H,8,9);1H/b3-1+,4-2+;. The van der Waals surface area contributed by atoms with Crippen LogP contribution < -0.4 is 5.73 Å². The van der Waals surface area contributed by atoms with E-state index in [9.17, 15) is 4.79 Å². The number of carboxylic acids is 1. The van der Waals surface area contributed by atoms with Crippen LogP contribution in [0.1, 0.15) is 0 Å². The van der Waals surface area contributed by atoms with Crippen LogP contribution in [0.15, 0.2) is 24.3 Å². The number of rotatable bonds is 3. The Balaban J connectivity index is 0. The summed E-state index contributed by atoms with van der Waals surface area (Å²) in [5.74, 6) is -0.948. The first-order valence-corrected chi connectivity index (χ1v) is 2.53. The Labute approximate surface area is 65.6 Å². The second-order valence-corrected chi connectivity index (χ2v) is 1.36. The van der Waals surface area contributed by atoms with E-state index < -0.39 is 5.97 Å². The van der Waals surface area contributed by atoms with Crippen LogP contribution in [-0.4, -0.2) is 17.6 Å². The van der Waals surface area contributed by atoms with Gasteiger partial charge in [0.05, 0.1) is 0 Å². The molecule has 3 N–H and O–H groups in total. The van der Waals surface area contributed by atoms with Crippen LogP contribution in [-0.2, 0) is 4.79 Å². The molecule has 3 nitrogen and oxygen atoms in total. The second-order valence-electron chi connectivity index (χ2n) is 1.36. The molecular weight excluding hydrogens is 154 g/mol. The van der Waals surface area contributed by atoms with Crippen molar-refractivity contribution in [2.24, 2.45) is 5.73 Å². The highest BCUT2D eigenvalue weighted by molar-refractivity contribution is 5.85. The van der Waals surface area contributed by atoms with E-state index in [2.05, 4.69) is 0 Å². The third kappa shape index (κ3) is 10.2. The summed E-state index contributed by atoms with van der Waals surface area (Å²) in [6.45, 7) is 0.434. The fourth-order valence-corrected chi connectivity index (χ4v) is 0.295. The van der Waals surface area contributed by atoms with E-state index in [0.29, 0.717) is 6.54 Å². The zero-order valence-corrected chi connectivity index (χ0v) is 6.17. The van der Waals surface area contributed by atoms with E-state index in [1.54, 1.807) is 12.2 Å². The van der Waals surface area contributed by atoms with Gasteiger partial charge < -0.3 is 10.8 Å². The summed E-state index contributed by atoms with van der Waals surface area (Å²) in [4.78, 5) is 9.81. The molecule has 0 amide bonds. The summed E-state index contributed by atoms with van der Waals surface area (Å²) in [5, 5.41) is 8.06. The van der Waals surface area contributed by atoms with Crippen molar-refractivity contribution in [3.8, 4) is 0 Å². The monoisotopic (exact) mass is 163 g/mol. The maximum Gasteiger partial charge on any atom is 0.328 e. The second kappa shape index (κ2) is 8.20. The van der Waals surface area contributed by atoms with Gasteiger partial charge in [-0.2, -0.15) is 0 Å². The number of nitrogens with two attached hydrogens (primary N) is 1. The summed E-state index contributed by atoms with van der Waals surface area (Å²) in [5.41, 5.74) is 5.08. The number of carboxylic acid groups (broad SMARTS) is 1. The lowest BCUT2D eigenvalue weighted by Crippen LogP contribution is -1.91. The molecule has 0 aliphatic heterocycles. The van der Waals surface area contributed by atoms with Crippen LogP contribution in [0.25, 0.3) is 0 Å². The molecule has 0 saturated carbocycles. The quantitative estimate of drug-likeness (QED) is 0.472. The summed E-state index contributed by atoms with van der Waals surface area (Å²) < 4.78 is 0. The minimum Gasteiger partial charge on any atom is -0.478 e. The van der Waals surface area contributed by atoms with E-state index >= 15 is 0 Å². The van der Waals surface area contributed by atoms with Crippen molar-refractivity contribution in [3.05, 3.63) is 24.3 Å². The van der Waals surface area contributed by atoms with Crippen LogP contribution in [0.5, 0.6) is 0 Å². The van der Waals surface area contributed by atoms with Gasteiger partial charge in [-0.3, -0.25) is 0 Å². The summed E-state index contributed by atoms with van der Waals surface area (Å²) in [7, 11) is 0. The smallest absolute Gasteiger partial charge is 0.328 e. The van der Waals surface area contributed by atoms with Crippen molar-refractivity contribution >= 4 is 18.4 Å². The Hall–Kier alpha value is -0.800. The third-order valence-electron chi connectivity index (χ3n) is 0.622. The molecule has 4 heteroatoms. The lowest BCUT2D eigenvalue weighted by atomic mass is 10.4. The molecule has 0 aliphatic carbocycles. The normalized spacial score (nSPS) is 10.1. The SMILES string of the molecule is Cl.NC/C=C/C=C/C(=O)O. The van der Waals surface area contributed by atoms with Gasteiger partial charge in [-0.25, -0.2) is 4.79 Å². The van der Waals surface area contributed by atoms with Crippen LogP contribution in [0.2, 0.25) is 0 Å². The number of hydrogen-bond acceptors (Lipinski definition) is 2. The number of allylic oxidation sites excluding steroid dienone is 2. The molecule has 0 aliphatic rings. The molecule has 0 fully saturated rings. The van der Waals surface area contributed by atoms with E-state index in [0.717, 1.165) is 6.08 Å². The first-order valence-electron chi connectivity index (χ1n) is 2.53. The summed E-state index contributed by atoms with van der Waals surface area (Å²) in [6.07, 6.45) is 5.73. The van der Waals surface area contributed by atoms with Crippen molar-refractivity contribution in [2.75, 3.05) is 6.54 Å². The molecule has 0 aromatic heterocycles. The summed E-state index contributed by atoms with van der Waals surface area (Å²) >= 11 is 0. The molecule has 58 valence electrons. The zero-order chi connectivity index (χ0) is 7.11. The van der Waals surface area contributed by atoms with Gasteiger partial charge in [0, 0.05) is 12.6 Å². The van der Waals surface area contributed by atoms with Gasteiger partial charge in [0.25, 0.3) is 0 Å². The highest BCUT2D eigenvalue weighted by atomic mass is 35.5. The number of halogens is 1. The van der Waals surface area contributed by atoms with Gasteiger partial charge in [0.2, 0.25) is 0 Å². The molecule has 0 spiro atoms. The van der Waals surface area contributed by atoms with Gasteiger partial charge in [0.15, 0.2) is 0 Å². The topological polar surface area (TPSA) is 63.3 Å². The zero-order valence-electron chi connectivity index (χ0n) is 5.36. The highest BCUT2D eigenvalue weighted by Gasteiger charge is 1.78. The maximum atomic E-state index is 9.81. The van der Waals surface area contributed by atoms with Crippen LogP contribution in [0.3, 0.4) is 0 Å².